The Balaban J connectivity index is 4.82. The highest BCUT2D eigenvalue weighted by Gasteiger charge is 2.23. The van der Waals surface area contributed by atoms with Crippen LogP contribution in [0.3, 0.4) is 0 Å². The highest BCUT2D eigenvalue weighted by atomic mass is 16.1. The molecule has 0 spiro atoms. The second-order valence-corrected chi connectivity index (χ2v) is 5.79. The van der Waals surface area contributed by atoms with Crippen molar-refractivity contribution in [3.63, 3.8) is 0 Å². The van der Waals surface area contributed by atoms with Crippen molar-refractivity contribution in [1.82, 2.24) is 0 Å². The van der Waals surface area contributed by atoms with Gasteiger partial charge in [-0.15, -0.1) is 0 Å². The molecule has 0 N–H and O–H groups in total. The summed E-state index contributed by atoms with van der Waals surface area (Å²) in [7, 11) is 0. The molecule has 8 heteroatoms. The Bertz CT molecular complexity index is 554. The van der Waals surface area contributed by atoms with E-state index in [0.717, 1.165) is 0 Å². The topological polar surface area (TPSA) is 118 Å². The molecule has 0 aromatic heterocycles. The molecule has 0 radical (unpaired) electrons. The number of isocyanates is 4. The quantitative estimate of drug-likeness (QED) is 0.377. The van der Waals surface area contributed by atoms with Gasteiger partial charge in [0.1, 0.15) is 0 Å². The largest absolute Gasteiger partial charge is 0.235 e. The van der Waals surface area contributed by atoms with Crippen LogP contribution in [0.15, 0.2) is 20.0 Å². The van der Waals surface area contributed by atoms with Gasteiger partial charge in [-0.25, -0.2) is 39.1 Å². The molecule has 0 aromatic rings. The zero-order valence-corrected chi connectivity index (χ0v) is 14.0. The molecule has 0 fully saturated rings. The molecule has 130 valence electrons. The first kappa shape index (κ1) is 21.5. The van der Waals surface area contributed by atoms with E-state index in [9.17, 15) is 19.2 Å². The lowest BCUT2D eigenvalue weighted by atomic mass is 9.90. The van der Waals surface area contributed by atoms with Crippen LogP contribution in [0, 0.1) is 11.8 Å². The van der Waals surface area contributed by atoms with Gasteiger partial charge in [-0.1, -0.05) is 13.8 Å². The van der Waals surface area contributed by atoms with Crippen molar-refractivity contribution in [3.8, 4) is 0 Å². The maximum absolute atomic E-state index is 10.7. The molecule has 0 aliphatic rings. The second kappa shape index (κ2) is 14.1. The fraction of sp³-hybridized carbons (Fsp3) is 0.750. The molecule has 0 saturated carbocycles. The van der Waals surface area contributed by atoms with Crippen LogP contribution in [0.5, 0.6) is 0 Å². The van der Waals surface area contributed by atoms with Crippen molar-refractivity contribution in [1.29, 1.82) is 0 Å². The number of carbonyl (C=O) groups excluding carboxylic acids is 4. The minimum absolute atomic E-state index is 0.121. The van der Waals surface area contributed by atoms with Crippen LogP contribution in [0.2, 0.25) is 0 Å². The first-order valence-corrected chi connectivity index (χ1v) is 7.80. The van der Waals surface area contributed by atoms with Gasteiger partial charge >= 0.3 is 0 Å². The van der Waals surface area contributed by atoms with Gasteiger partial charge < -0.3 is 0 Å². The van der Waals surface area contributed by atoms with Gasteiger partial charge in [0.2, 0.25) is 24.3 Å². The third kappa shape index (κ3) is 10.3. The molecule has 0 heterocycles. The predicted octanol–water partition coefficient (Wildman–Crippen LogP) is 1.90. The monoisotopic (exact) mass is 334 g/mol. The first-order chi connectivity index (χ1) is 11.6. The smallest absolute Gasteiger partial charge is 0.211 e. The maximum atomic E-state index is 10.7. The molecule has 4 atom stereocenters. The van der Waals surface area contributed by atoms with E-state index in [0.29, 0.717) is 38.8 Å². The zero-order chi connectivity index (χ0) is 18.2. The Morgan fingerprint density at radius 1 is 0.708 bits per heavy atom. The average molecular weight is 334 g/mol. The molecule has 8 nitrogen and oxygen atoms in total. The zero-order valence-electron chi connectivity index (χ0n) is 14.0. The Hall–Kier alpha value is -2.48. The van der Waals surface area contributed by atoms with E-state index in [2.05, 4.69) is 20.0 Å². The lowest BCUT2D eigenvalue weighted by molar-refractivity contribution is 0.368. The summed E-state index contributed by atoms with van der Waals surface area (Å²) in [4.78, 5) is 56.1. The number of hydrogen-bond donors (Lipinski definition) is 0. The van der Waals surface area contributed by atoms with Crippen LogP contribution in [-0.4, -0.2) is 49.5 Å². The van der Waals surface area contributed by atoms with E-state index in [4.69, 9.17) is 0 Å². The number of hydrogen-bond acceptors (Lipinski definition) is 8. The lowest BCUT2D eigenvalue weighted by Gasteiger charge is -2.22. The van der Waals surface area contributed by atoms with Crippen LogP contribution in [0.1, 0.15) is 39.5 Å². The molecule has 0 aromatic carbocycles. The highest BCUT2D eigenvalue weighted by molar-refractivity contribution is 5.36. The normalized spacial score (nSPS) is 14.6. The molecule has 0 rings (SSSR count). The Morgan fingerprint density at radius 2 is 1.33 bits per heavy atom. The van der Waals surface area contributed by atoms with Crippen molar-refractivity contribution >= 4 is 24.3 Å². The molecule has 0 amide bonds. The maximum Gasteiger partial charge on any atom is 0.235 e. The summed E-state index contributed by atoms with van der Waals surface area (Å²) in [5.41, 5.74) is 0. The molecule has 0 aliphatic heterocycles. The van der Waals surface area contributed by atoms with Gasteiger partial charge in [0, 0.05) is 0 Å². The Morgan fingerprint density at radius 3 is 1.92 bits per heavy atom. The fourth-order valence-corrected chi connectivity index (χ4v) is 2.37. The standard InChI is InChI=1S/C16H22N4O4/c1-13(5-6-17-9-21)7-16(20-12-24)15(19-11-23)4-3-14(2)8-18-10-22/h13-16H,3-8H2,1-2H3. The summed E-state index contributed by atoms with van der Waals surface area (Å²) in [6.07, 6.45) is 8.36. The number of aliphatic imine (C=N–C) groups is 4. The number of rotatable bonds is 13. The van der Waals surface area contributed by atoms with Crippen molar-refractivity contribution in [2.45, 2.75) is 51.6 Å². The summed E-state index contributed by atoms with van der Waals surface area (Å²) in [6, 6.07) is -0.968. The van der Waals surface area contributed by atoms with Crippen molar-refractivity contribution in [3.05, 3.63) is 0 Å². The lowest BCUT2D eigenvalue weighted by Crippen LogP contribution is -2.26. The number of nitrogens with zero attached hydrogens (tertiary/aromatic N) is 4. The fourth-order valence-electron chi connectivity index (χ4n) is 2.37. The second-order valence-electron chi connectivity index (χ2n) is 5.79. The molecular weight excluding hydrogens is 312 g/mol. The van der Waals surface area contributed by atoms with Crippen molar-refractivity contribution in [2.75, 3.05) is 13.1 Å². The van der Waals surface area contributed by atoms with E-state index in [1.54, 1.807) is 0 Å². The Kier molecular flexibility index (Phi) is 12.7. The van der Waals surface area contributed by atoms with Gasteiger partial charge in [0.05, 0.1) is 25.2 Å². The van der Waals surface area contributed by atoms with E-state index in [1.165, 1.54) is 24.3 Å². The van der Waals surface area contributed by atoms with Crippen LogP contribution < -0.4 is 0 Å². The van der Waals surface area contributed by atoms with E-state index in [1.807, 2.05) is 13.8 Å². The van der Waals surface area contributed by atoms with Gasteiger partial charge in [-0.2, -0.15) is 0 Å². The Labute approximate surface area is 140 Å². The van der Waals surface area contributed by atoms with Gasteiger partial charge in [0.15, 0.2) is 0 Å². The van der Waals surface area contributed by atoms with Crippen LogP contribution in [0.25, 0.3) is 0 Å². The van der Waals surface area contributed by atoms with Gasteiger partial charge in [-0.3, -0.25) is 0 Å². The molecule has 0 bridgehead atoms. The van der Waals surface area contributed by atoms with Crippen molar-refractivity contribution in [2.24, 2.45) is 31.8 Å². The molecule has 24 heavy (non-hydrogen) atoms. The summed E-state index contributed by atoms with van der Waals surface area (Å²) in [5, 5.41) is 0. The summed E-state index contributed by atoms with van der Waals surface area (Å²) < 4.78 is 0. The summed E-state index contributed by atoms with van der Waals surface area (Å²) in [6.45, 7) is 4.56. The van der Waals surface area contributed by atoms with Crippen LogP contribution in [0.4, 0.5) is 0 Å². The van der Waals surface area contributed by atoms with E-state index >= 15 is 0 Å². The van der Waals surface area contributed by atoms with Crippen LogP contribution in [-0.2, 0) is 19.2 Å². The minimum Gasteiger partial charge on any atom is -0.211 e. The molecule has 0 aliphatic carbocycles. The SMILES string of the molecule is CC(CCC(N=C=O)C(CC(C)CCN=C=O)N=C=O)CN=C=O. The predicted molar refractivity (Wildman–Crippen MR) is 86.6 cm³/mol. The first-order valence-electron chi connectivity index (χ1n) is 7.80. The third-order valence-corrected chi connectivity index (χ3v) is 3.75. The van der Waals surface area contributed by atoms with Gasteiger partial charge in [-0.05, 0) is 37.5 Å². The average Bonchev–Trinajstić information content (AvgIpc) is 2.56. The van der Waals surface area contributed by atoms with E-state index < -0.39 is 12.1 Å². The summed E-state index contributed by atoms with van der Waals surface area (Å²) in [5.74, 6) is 0.252. The minimum atomic E-state index is -0.485. The molecular formula is C16H22N4O4. The van der Waals surface area contributed by atoms with Crippen LogP contribution >= 0.6 is 0 Å². The van der Waals surface area contributed by atoms with Crippen molar-refractivity contribution < 1.29 is 19.2 Å². The van der Waals surface area contributed by atoms with Gasteiger partial charge in [0.25, 0.3) is 0 Å². The molecule has 4 unspecified atom stereocenters. The summed E-state index contributed by atoms with van der Waals surface area (Å²) >= 11 is 0. The van der Waals surface area contributed by atoms with E-state index in [-0.39, 0.29) is 11.8 Å². The third-order valence-electron chi connectivity index (χ3n) is 3.75. The highest BCUT2D eigenvalue weighted by Crippen LogP contribution is 2.22. The molecule has 0 saturated heterocycles.